The summed E-state index contributed by atoms with van der Waals surface area (Å²) in [4.78, 5) is 39.0. The van der Waals surface area contributed by atoms with Crippen molar-refractivity contribution in [2.24, 2.45) is 0 Å². The molecule has 0 atom stereocenters. The van der Waals surface area contributed by atoms with Crippen LogP contribution in [0.4, 0.5) is 17.3 Å². The number of nitrogens with zero attached hydrogens (tertiary/aromatic N) is 3. The van der Waals surface area contributed by atoms with Crippen LogP contribution < -0.4 is 21.5 Å². The zero-order chi connectivity index (χ0) is 28.6. The molecule has 0 radical (unpaired) electrons. The number of aromatic nitrogens is 3. The van der Waals surface area contributed by atoms with Crippen molar-refractivity contribution in [2.75, 3.05) is 37.0 Å². The molecule has 1 aliphatic carbocycles. The van der Waals surface area contributed by atoms with Crippen molar-refractivity contribution in [2.45, 2.75) is 13.3 Å². The van der Waals surface area contributed by atoms with E-state index in [1.807, 2.05) is 0 Å². The number of hydrogen-bond donors (Lipinski definition) is 5. The van der Waals surface area contributed by atoms with Crippen molar-refractivity contribution in [1.82, 2.24) is 15.0 Å². The molecule has 0 aliphatic heterocycles. The number of fused-ring (bicyclic) bond motifs is 2. The molecule has 40 heavy (non-hydrogen) atoms. The summed E-state index contributed by atoms with van der Waals surface area (Å²) in [6.45, 7) is 3.01. The van der Waals surface area contributed by atoms with E-state index in [-0.39, 0.29) is 45.2 Å². The number of aryl methyl sites for hydroxylation is 1. The lowest BCUT2D eigenvalue weighted by molar-refractivity contribution is 0.0975. The van der Waals surface area contributed by atoms with Gasteiger partial charge in [-0.1, -0.05) is 6.07 Å². The van der Waals surface area contributed by atoms with Gasteiger partial charge in [0.05, 0.1) is 22.3 Å². The first-order valence-corrected chi connectivity index (χ1v) is 12.3. The molecule has 1 aliphatic rings. The standard InChI is InChI=1S/C28H26N6O6/c1-13-10-14(4-7-19(13)40-28-33-12-32-27(34-28)31-8-3-9-39-2)15-11-17(30)21-23(24(15)36)26(38)20-16(29)5-6-18(35)22(20)25(21)37/h4-7,10-12,35-36H,3,8-9,29-30H2,1-2H3,(H,31,32,33,34). The van der Waals surface area contributed by atoms with E-state index in [4.69, 9.17) is 20.9 Å². The first kappa shape index (κ1) is 26.4. The Morgan fingerprint density at radius 1 is 0.925 bits per heavy atom. The van der Waals surface area contributed by atoms with Crippen LogP contribution in [0.2, 0.25) is 0 Å². The second kappa shape index (κ2) is 10.5. The number of ketones is 2. The van der Waals surface area contributed by atoms with E-state index in [1.165, 1.54) is 24.5 Å². The minimum Gasteiger partial charge on any atom is -0.507 e. The molecule has 4 aromatic rings. The van der Waals surface area contributed by atoms with E-state index >= 15 is 0 Å². The van der Waals surface area contributed by atoms with Crippen LogP contribution in [0.15, 0.2) is 42.7 Å². The highest BCUT2D eigenvalue weighted by molar-refractivity contribution is 6.33. The molecule has 1 heterocycles. The molecule has 3 aromatic carbocycles. The number of rotatable bonds is 8. The molecular formula is C28H26N6O6. The molecule has 7 N–H and O–H groups in total. The van der Waals surface area contributed by atoms with Crippen molar-refractivity contribution >= 4 is 28.9 Å². The molecule has 1 aromatic heterocycles. The van der Waals surface area contributed by atoms with Gasteiger partial charge in [0.2, 0.25) is 17.5 Å². The lowest BCUT2D eigenvalue weighted by Gasteiger charge is -2.23. The van der Waals surface area contributed by atoms with E-state index in [0.29, 0.717) is 36.0 Å². The Bertz CT molecular complexity index is 1670. The van der Waals surface area contributed by atoms with Gasteiger partial charge in [0.15, 0.2) is 0 Å². The number of hydrogen-bond acceptors (Lipinski definition) is 12. The van der Waals surface area contributed by atoms with Crippen LogP contribution in [0.25, 0.3) is 11.1 Å². The molecule has 0 saturated carbocycles. The number of aromatic hydroxyl groups is 2. The molecule has 0 spiro atoms. The summed E-state index contributed by atoms with van der Waals surface area (Å²) in [5.74, 6) is -1.41. The van der Waals surface area contributed by atoms with Gasteiger partial charge in [-0.05, 0) is 54.8 Å². The van der Waals surface area contributed by atoms with E-state index in [9.17, 15) is 19.8 Å². The summed E-state index contributed by atoms with van der Waals surface area (Å²) in [6.07, 6.45) is 2.11. The van der Waals surface area contributed by atoms with Gasteiger partial charge in [0, 0.05) is 37.2 Å². The normalized spacial score (nSPS) is 12.2. The van der Waals surface area contributed by atoms with Crippen LogP contribution in [0.3, 0.4) is 0 Å². The molecule has 0 fully saturated rings. The van der Waals surface area contributed by atoms with E-state index in [0.717, 1.165) is 6.42 Å². The molecule has 5 rings (SSSR count). The second-order valence-corrected chi connectivity index (χ2v) is 9.14. The van der Waals surface area contributed by atoms with Crippen molar-refractivity contribution < 1.29 is 29.3 Å². The van der Waals surface area contributed by atoms with E-state index < -0.39 is 23.1 Å². The Morgan fingerprint density at radius 3 is 2.42 bits per heavy atom. The molecule has 204 valence electrons. The predicted octanol–water partition coefficient (Wildman–Crippen LogP) is 3.44. The first-order chi connectivity index (χ1) is 19.2. The summed E-state index contributed by atoms with van der Waals surface area (Å²) in [5.41, 5.74) is 12.7. The SMILES string of the molecule is COCCCNc1ncnc(Oc2ccc(-c3cc(N)c4c(c3O)C(=O)c3c(N)ccc(O)c3C4=O)cc2C)n1. The van der Waals surface area contributed by atoms with Crippen molar-refractivity contribution in [3.63, 3.8) is 0 Å². The third-order valence-corrected chi connectivity index (χ3v) is 6.50. The average Bonchev–Trinajstić information content (AvgIpc) is 2.93. The maximum Gasteiger partial charge on any atom is 0.326 e. The van der Waals surface area contributed by atoms with Gasteiger partial charge in [-0.3, -0.25) is 9.59 Å². The van der Waals surface area contributed by atoms with Crippen LogP contribution >= 0.6 is 0 Å². The van der Waals surface area contributed by atoms with Crippen LogP contribution in [0.1, 0.15) is 43.8 Å². The fourth-order valence-electron chi connectivity index (χ4n) is 4.57. The number of methoxy groups -OCH3 is 1. The molecule has 0 amide bonds. The number of benzene rings is 3. The zero-order valence-electron chi connectivity index (χ0n) is 21.7. The Labute approximate surface area is 228 Å². The summed E-state index contributed by atoms with van der Waals surface area (Å²) in [7, 11) is 1.63. The highest BCUT2D eigenvalue weighted by Gasteiger charge is 2.38. The van der Waals surface area contributed by atoms with Gasteiger partial charge in [-0.25, -0.2) is 4.98 Å². The number of ether oxygens (including phenoxy) is 2. The smallest absolute Gasteiger partial charge is 0.326 e. The molecule has 0 unspecified atom stereocenters. The number of nitrogen functional groups attached to an aromatic ring is 2. The molecule has 12 nitrogen and oxygen atoms in total. The number of phenolic OH excluding ortho intramolecular Hbond substituents is 2. The summed E-state index contributed by atoms with van der Waals surface area (Å²) >= 11 is 0. The van der Waals surface area contributed by atoms with Crippen molar-refractivity contribution in [1.29, 1.82) is 0 Å². The van der Waals surface area contributed by atoms with Gasteiger partial charge in [-0.2, -0.15) is 9.97 Å². The number of anilines is 3. The summed E-state index contributed by atoms with van der Waals surface area (Å²) < 4.78 is 10.9. The van der Waals surface area contributed by atoms with E-state index in [1.54, 1.807) is 32.2 Å². The maximum absolute atomic E-state index is 13.4. The van der Waals surface area contributed by atoms with Gasteiger partial charge in [0.1, 0.15) is 23.6 Å². The lowest BCUT2D eigenvalue weighted by Crippen LogP contribution is -2.24. The molecule has 0 bridgehead atoms. The van der Waals surface area contributed by atoms with Gasteiger partial charge in [-0.15, -0.1) is 0 Å². The highest BCUT2D eigenvalue weighted by atomic mass is 16.5. The summed E-state index contributed by atoms with van der Waals surface area (Å²) in [5, 5.41) is 24.5. The number of nitrogens with two attached hydrogens (primary N) is 2. The third kappa shape index (κ3) is 4.60. The number of nitrogens with one attached hydrogen (secondary N) is 1. The van der Waals surface area contributed by atoms with Gasteiger partial charge in [0.25, 0.3) is 0 Å². The fraction of sp³-hybridized carbons (Fsp3) is 0.179. The van der Waals surface area contributed by atoms with Crippen LogP contribution in [-0.4, -0.2) is 57.0 Å². The summed E-state index contributed by atoms with van der Waals surface area (Å²) in [6, 6.07) is 9.11. The number of carbonyl (C=O) groups is 2. The topological polar surface area (TPSA) is 196 Å². The average molecular weight is 543 g/mol. The highest BCUT2D eigenvalue weighted by Crippen LogP contribution is 2.45. The third-order valence-electron chi connectivity index (χ3n) is 6.50. The minimum absolute atomic E-state index is 0.00388. The fourth-order valence-corrected chi connectivity index (χ4v) is 4.57. The monoisotopic (exact) mass is 542 g/mol. The lowest BCUT2D eigenvalue weighted by atomic mass is 9.80. The number of carbonyl (C=O) groups excluding carboxylic acids is 2. The molecule has 0 saturated heterocycles. The quantitative estimate of drug-likeness (QED) is 0.109. The van der Waals surface area contributed by atoms with Gasteiger partial charge >= 0.3 is 6.01 Å². The van der Waals surface area contributed by atoms with Crippen LogP contribution in [0, 0.1) is 6.92 Å². The zero-order valence-corrected chi connectivity index (χ0v) is 21.7. The Morgan fingerprint density at radius 2 is 1.68 bits per heavy atom. The Balaban J connectivity index is 1.46. The first-order valence-electron chi connectivity index (χ1n) is 12.3. The van der Waals surface area contributed by atoms with Crippen LogP contribution in [0.5, 0.6) is 23.3 Å². The molecule has 12 heteroatoms. The maximum atomic E-state index is 13.4. The van der Waals surface area contributed by atoms with Crippen molar-refractivity contribution in [3.8, 4) is 34.4 Å². The van der Waals surface area contributed by atoms with Crippen LogP contribution in [-0.2, 0) is 4.74 Å². The van der Waals surface area contributed by atoms with E-state index in [2.05, 4.69) is 20.3 Å². The van der Waals surface area contributed by atoms with Gasteiger partial charge < -0.3 is 36.5 Å². The second-order valence-electron chi connectivity index (χ2n) is 9.14. The molecular weight excluding hydrogens is 516 g/mol. The predicted molar refractivity (Wildman–Crippen MR) is 147 cm³/mol. The van der Waals surface area contributed by atoms with Crippen molar-refractivity contribution in [3.05, 3.63) is 70.5 Å². The Hall–Kier alpha value is -5.23. The Kier molecular flexibility index (Phi) is 6.92. The largest absolute Gasteiger partial charge is 0.507 e. The number of phenols is 2. The minimum atomic E-state index is -0.706.